The van der Waals surface area contributed by atoms with Gasteiger partial charge in [0.2, 0.25) is 5.91 Å². The van der Waals surface area contributed by atoms with Gasteiger partial charge in [0.25, 0.3) is 5.91 Å². The Balaban J connectivity index is 1.61. The van der Waals surface area contributed by atoms with Crippen LogP contribution in [0.1, 0.15) is 35.3 Å². The quantitative estimate of drug-likeness (QED) is 0.531. The van der Waals surface area contributed by atoms with E-state index in [2.05, 4.69) is 27.8 Å². The molecule has 5 heteroatoms. The molecular formula is C26H25N3O2. The Hall–Kier alpha value is -4.04. The van der Waals surface area contributed by atoms with Crippen molar-refractivity contribution in [2.75, 3.05) is 17.2 Å². The highest BCUT2D eigenvalue weighted by Gasteiger charge is 2.13. The maximum absolute atomic E-state index is 12.4. The van der Waals surface area contributed by atoms with Crippen LogP contribution in [-0.4, -0.2) is 24.4 Å². The molecule has 3 N–H and O–H groups in total. The highest BCUT2D eigenvalue weighted by molar-refractivity contribution is 6.04. The Kier molecular flexibility index (Phi) is 7.45. The molecule has 0 fully saturated rings. The molecule has 0 saturated carbocycles. The zero-order chi connectivity index (χ0) is 22.1. The van der Waals surface area contributed by atoms with Gasteiger partial charge in [0.05, 0.1) is 17.8 Å². The van der Waals surface area contributed by atoms with Crippen LogP contribution in [0.3, 0.4) is 0 Å². The normalized spacial score (nSPS) is 10.0. The first-order valence-corrected chi connectivity index (χ1v) is 10.1. The molecule has 0 unspecified atom stereocenters. The standard InChI is InChI=1S/C26H25N3O2/c1-19(2)28-26(31)23-13-6-7-14-24(23)29-25(30)18-27-22-12-8-11-21(17-22)16-15-20-9-4-3-5-10-20/h3-14,17,19,27H,18H2,1-2H3,(H,28,31)(H,29,30). The lowest BCUT2D eigenvalue weighted by Gasteiger charge is -2.13. The zero-order valence-electron chi connectivity index (χ0n) is 17.6. The van der Waals surface area contributed by atoms with Gasteiger partial charge in [0.1, 0.15) is 0 Å². The molecule has 0 aromatic heterocycles. The van der Waals surface area contributed by atoms with Crippen LogP contribution in [-0.2, 0) is 4.79 Å². The minimum Gasteiger partial charge on any atom is -0.376 e. The van der Waals surface area contributed by atoms with Crippen molar-refractivity contribution in [3.8, 4) is 11.8 Å². The van der Waals surface area contributed by atoms with Crippen LogP contribution in [0.2, 0.25) is 0 Å². The molecule has 0 aliphatic carbocycles. The Morgan fingerprint density at radius 3 is 2.29 bits per heavy atom. The third-order valence-electron chi connectivity index (χ3n) is 4.31. The van der Waals surface area contributed by atoms with E-state index in [-0.39, 0.29) is 24.4 Å². The first-order chi connectivity index (χ1) is 15.0. The number of hydrogen-bond donors (Lipinski definition) is 3. The molecular weight excluding hydrogens is 386 g/mol. The van der Waals surface area contributed by atoms with Gasteiger partial charge in [0, 0.05) is 22.9 Å². The Bertz CT molecular complexity index is 1110. The number of para-hydroxylation sites is 1. The van der Waals surface area contributed by atoms with E-state index in [4.69, 9.17) is 0 Å². The van der Waals surface area contributed by atoms with Crippen molar-refractivity contribution in [1.82, 2.24) is 5.32 Å². The number of anilines is 2. The number of hydrogen-bond acceptors (Lipinski definition) is 3. The summed E-state index contributed by atoms with van der Waals surface area (Å²) in [5, 5.41) is 8.75. The van der Waals surface area contributed by atoms with Gasteiger partial charge in [-0.05, 0) is 56.3 Å². The van der Waals surface area contributed by atoms with E-state index >= 15 is 0 Å². The molecule has 0 aliphatic heterocycles. The Morgan fingerprint density at radius 2 is 1.52 bits per heavy atom. The molecule has 0 saturated heterocycles. The fourth-order valence-corrected chi connectivity index (χ4v) is 2.88. The predicted molar refractivity (Wildman–Crippen MR) is 125 cm³/mol. The third kappa shape index (κ3) is 6.76. The number of benzene rings is 3. The molecule has 0 heterocycles. The highest BCUT2D eigenvalue weighted by atomic mass is 16.2. The molecule has 3 aromatic carbocycles. The highest BCUT2D eigenvalue weighted by Crippen LogP contribution is 2.15. The summed E-state index contributed by atoms with van der Waals surface area (Å²) >= 11 is 0. The second kappa shape index (κ2) is 10.7. The lowest BCUT2D eigenvalue weighted by atomic mass is 10.1. The SMILES string of the molecule is CC(C)NC(=O)c1ccccc1NC(=O)CNc1cccc(C#Cc2ccccc2)c1. The fraction of sp³-hybridized carbons (Fsp3) is 0.154. The van der Waals surface area contributed by atoms with Crippen LogP contribution in [0.4, 0.5) is 11.4 Å². The molecule has 2 amide bonds. The van der Waals surface area contributed by atoms with Crippen molar-refractivity contribution in [3.63, 3.8) is 0 Å². The number of rotatable bonds is 6. The molecule has 0 spiro atoms. The maximum Gasteiger partial charge on any atom is 0.253 e. The van der Waals surface area contributed by atoms with Crippen molar-refractivity contribution in [2.45, 2.75) is 19.9 Å². The fourth-order valence-electron chi connectivity index (χ4n) is 2.88. The van der Waals surface area contributed by atoms with Crippen molar-refractivity contribution in [1.29, 1.82) is 0 Å². The van der Waals surface area contributed by atoms with Crippen LogP contribution in [0, 0.1) is 11.8 Å². The molecule has 0 bridgehead atoms. The van der Waals surface area contributed by atoms with Crippen LogP contribution < -0.4 is 16.0 Å². The lowest BCUT2D eigenvalue weighted by Crippen LogP contribution is -2.31. The van der Waals surface area contributed by atoms with Crippen LogP contribution in [0.25, 0.3) is 0 Å². The lowest BCUT2D eigenvalue weighted by molar-refractivity contribution is -0.114. The summed E-state index contributed by atoms with van der Waals surface area (Å²) in [6, 6.07) is 24.3. The van der Waals surface area contributed by atoms with Crippen LogP contribution in [0.5, 0.6) is 0 Å². The van der Waals surface area contributed by atoms with Crippen molar-refractivity contribution < 1.29 is 9.59 Å². The topological polar surface area (TPSA) is 70.2 Å². The number of carbonyl (C=O) groups excluding carboxylic acids is 2. The average Bonchev–Trinajstić information content (AvgIpc) is 2.77. The van der Waals surface area contributed by atoms with Crippen molar-refractivity contribution in [3.05, 3.63) is 95.6 Å². The van der Waals surface area contributed by atoms with Crippen molar-refractivity contribution >= 4 is 23.2 Å². The third-order valence-corrected chi connectivity index (χ3v) is 4.31. The van der Waals surface area contributed by atoms with Gasteiger partial charge >= 0.3 is 0 Å². The van der Waals surface area contributed by atoms with Gasteiger partial charge in [-0.25, -0.2) is 0 Å². The van der Waals surface area contributed by atoms with E-state index in [0.29, 0.717) is 11.3 Å². The second-order valence-corrected chi connectivity index (χ2v) is 7.27. The van der Waals surface area contributed by atoms with E-state index in [1.807, 2.05) is 68.4 Å². The first-order valence-electron chi connectivity index (χ1n) is 10.1. The van der Waals surface area contributed by atoms with Gasteiger partial charge in [-0.3, -0.25) is 9.59 Å². The van der Waals surface area contributed by atoms with E-state index in [9.17, 15) is 9.59 Å². The van der Waals surface area contributed by atoms with E-state index in [1.54, 1.807) is 24.3 Å². The van der Waals surface area contributed by atoms with Gasteiger partial charge in [-0.15, -0.1) is 0 Å². The minimum atomic E-state index is -0.245. The Morgan fingerprint density at radius 1 is 0.839 bits per heavy atom. The molecule has 0 radical (unpaired) electrons. The largest absolute Gasteiger partial charge is 0.376 e. The molecule has 156 valence electrons. The van der Waals surface area contributed by atoms with Gasteiger partial charge in [-0.1, -0.05) is 48.2 Å². The van der Waals surface area contributed by atoms with Crippen LogP contribution >= 0.6 is 0 Å². The number of carbonyl (C=O) groups is 2. The summed E-state index contributed by atoms with van der Waals surface area (Å²) < 4.78 is 0. The summed E-state index contributed by atoms with van der Waals surface area (Å²) in [4.78, 5) is 24.8. The molecule has 3 rings (SSSR count). The van der Waals surface area contributed by atoms with E-state index in [0.717, 1.165) is 16.8 Å². The monoisotopic (exact) mass is 411 g/mol. The summed E-state index contributed by atoms with van der Waals surface area (Å²) in [5.74, 6) is 5.79. The summed E-state index contributed by atoms with van der Waals surface area (Å²) in [7, 11) is 0. The van der Waals surface area contributed by atoms with E-state index in [1.165, 1.54) is 0 Å². The maximum atomic E-state index is 12.4. The van der Waals surface area contributed by atoms with Gasteiger partial charge in [0.15, 0.2) is 0 Å². The summed E-state index contributed by atoms with van der Waals surface area (Å²) in [6.07, 6.45) is 0. The predicted octanol–water partition coefficient (Wildman–Crippen LogP) is 4.28. The molecule has 3 aromatic rings. The number of nitrogens with one attached hydrogen (secondary N) is 3. The zero-order valence-corrected chi connectivity index (χ0v) is 17.6. The van der Waals surface area contributed by atoms with Crippen molar-refractivity contribution in [2.24, 2.45) is 0 Å². The molecule has 0 atom stereocenters. The summed E-state index contributed by atoms with van der Waals surface area (Å²) in [5.41, 5.74) is 3.50. The molecule has 31 heavy (non-hydrogen) atoms. The average molecular weight is 412 g/mol. The summed E-state index contributed by atoms with van der Waals surface area (Å²) in [6.45, 7) is 3.85. The minimum absolute atomic E-state index is 0.00944. The Labute approximate surface area is 182 Å². The molecule has 0 aliphatic rings. The van der Waals surface area contributed by atoms with Gasteiger partial charge < -0.3 is 16.0 Å². The van der Waals surface area contributed by atoms with E-state index < -0.39 is 0 Å². The smallest absolute Gasteiger partial charge is 0.253 e. The second-order valence-electron chi connectivity index (χ2n) is 7.27. The van der Waals surface area contributed by atoms with Crippen LogP contribution in [0.15, 0.2) is 78.9 Å². The van der Waals surface area contributed by atoms with Gasteiger partial charge in [-0.2, -0.15) is 0 Å². The number of amides is 2. The first kappa shape index (κ1) is 21.7. The molecule has 5 nitrogen and oxygen atoms in total.